The van der Waals surface area contributed by atoms with Crippen LogP contribution in [0.5, 0.6) is 11.6 Å². The van der Waals surface area contributed by atoms with Gasteiger partial charge in [-0.2, -0.15) is 0 Å². The van der Waals surface area contributed by atoms with Crippen LogP contribution in [0.3, 0.4) is 0 Å². The van der Waals surface area contributed by atoms with Crippen molar-refractivity contribution in [3.8, 4) is 11.6 Å². The highest BCUT2D eigenvalue weighted by atomic mass is 19.1. The van der Waals surface area contributed by atoms with Crippen LogP contribution in [-0.2, 0) is 11.3 Å². The van der Waals surface area contributed by atoms with Gasteiger partial charge < -0.3 is 15.8 Å². The minimum absolute atomic E-state index is 0.0957. The predicted octanol–water partition coefficient (Wildman–Crippen LogP) is 2.37. The van der Waals surface area contributed by atoms with Crippen LogP contribution in [0.4, 0.5) is 4.39 Å². The van der Waals surface area contributed by atoms with Gasteiger partial charge in [-0.3, -0.25) is 4.79 Å². The summed E-state index contributed by atoms with van der Waals surface area (Å²) in [5.41, 5.74) is 6.40. The van der Waals surface area contributed by atoms with E-state index >= 15 is 0 Å². The van der Waals surface area contributed by atoms with Crippen molar-refractivity contribution >= 4 is 5.91 Å². The van der Waals surface area contributed by atoms with E-state index in [0.29, 0.717) is 24.6 Å². The second-order valence-corrected chi connectivity index (χ2v) is 5.02. The minimum atomic E-state index is -0.321. The molecule has 0 aliphatic rings. The third-order valence-electron chi connectivity index (χ3n) is 2.83. The van der Waals surface area contributed by atoms with Gasteiger partial charge in [0.1, 0.15) is 11.6 Å². The van der Waals surface area contributed by atoms with Gasteiger partial charge in [0, 0.05) is 31.3 Å². The number of hydrogen-bond donors (Lipinski definition) is 2. The Morgan fingerprint density at radius 2 is 2.05 bits per heavy atom. The molecule has 116 valence electrons. The van der Waals surface area contributed by atoms with E-state index in [1.807, 2.05) is 0 Å². The first-order chi connectivity index (χ1) is 10.5. The van der Waals surface area contributed by atoms with Crippen LogP contribution in [0.25, 0.3) is 0 Å². The van der Waals surface area contributed by atoms with E-state index in [2.05, 4.69) is 10.3 Å². The second-order valence-electron chi connectivity index (χ2n) is 5.02. The molecule has 0 fully saturated rings. The Labute approximate surface area is 128 Å². The first-order valence-electron chi connectivity index (χ1n) is 6.93. The number of aromatic nitrogens is 1. The van der Waals surface area contributed by atoms with Crippen molar-refractivity contribution in [1.82, 2.24) is 10.3 Å². The van der Waals surface area contributed by atoms with Crippen molar-refractivity contribution in [3.63, 3.8) is 0 Å². The van der Waals surface area contributed by atoms with Crippen molar-refractivity contribution in [1.29, 1.82) is 0 Å². The molecule has 0 aliphatic carbocycles. The van der Waals surface area contributed by atoms with E-state index < -0.39 is 0 Å². The van der Waals surface area contributed by atoms with Crippen LogP contribution >= 0.6 is 0 Å². The Hall–Kier alpha value is -2.47. The Morgan fingerprint density at radius 1 is 1.32 bits per heavy atom. The lowest BCUT2D eigenvalue weighted by Crippen LogP contribution is -2.29. The fourth-order valence-electron chi connectivity index (χ4n) is 1.76. The zero-order chi connectivity index (χ0) is 15.9. The maximum absolute atomic E-state index is 12.8. The zero-order valence-electron chi connectivity index (χ0n) is 12.3. The summed E-state index contributed by atoms with van der Waals surface area (Å²) >= 11 is 0. The van der Waals surface area contributed by atoms with Gasteiger partial charge in [0.15, 0.2) is 0 Å². The average molecular weight is 303 g/mol. The van der Waals surface area contributed by atoms with Crippen molar-refractivity contribution in [2.24, 2.45) is 5.73 Å². The van der Waals surface area contributed by atoms with Crippen molar-refractivity contribution in [2.45, 2.75) is 25.9 Å². The van der Waals surface area contributed by atoms with E-state index in [1.165, 1.54) is 24.3 Å². The highest BCUT2D eigenvalue weighted by Crippen LogP contribution is 2.19. The van der Waals surface area contributed by atoms with Gasteiger partial charge in [-0.15, -0.1) is 0 Å². The molecule has 5 nitrogen and oxygen atoms in total. The number of halogens is 1. The lowest BCUT2D eigenvalue weighted by atomic mass is 10.2. The second kappa shape index (κ2) is 7.51. The predicted molar refractivity (Wildman–Crippen MR) is 80.8 cm³/mol. The Kier molecular flexibility index (Phi) is 5.43. The van der Waals surface area contributed by atoms with Crippen molar-refractivity contribution in [2.75, 3.05) is 0 Å². The van der Waals surface area contributed by atoms with E-state index in [0.717, 1.165) is 5.56 Å². The van der Waals surface area contributed by atoms with Gasteiger partial charge in [-0.05, 0) is 36.8 Å². The summed E-state index contributed by atoms with van der Waals surface area (Å²) in [6, 6.07) is 9.02. The Balaban J connectivity index is 1.87. The number of nitrogens with one attached hydrogen (secondary N) is 1. The third-order valence-corrected chi connectivity index (χ3v) is 2.83. The monoisotopic (exact) mass is 303 g/mol. The molecule has 0 bridgehead atoms. The summed E-state index contributed by atoms with van der Waals surface area (Å²) in [5, 5.41) is 2.76. The number of hydrogen-bond acceptors (Lipinski definition) is 4. The summed E-state index contributed by atoms with van der Waals surface area (Å²) < 4.78 is 18.3. The fourth-order valence-corrected chi connectivity index (χ4v) is 1.76. The number of rotatable bonds is 6. The van der Waals surface area contributed by atoms with Gasteiger partial charge in [0.2, 0.25) is 11.8 Å². The average Bonchev–Trinajstić information content (AvgIpc) is 2.48. The molecular weight excluding hydrogens is 285 g/mol. The topological polar surface area (TPSA) is 77.2 Å². The molecule has 6 heteroatoms. The van der Waals surface area contributed by atoms with Gasteiger partial charge in [-0.25, -0.2) is 9.37 Å². The SMILES string of the molecule is CC(N)CC(=O)NCc1ccc(Oc2ccc(F)cc2)nc1. The van der Waals surface area contributed by atoms with Crippen LogP contribution in [0.1, 0.15) is 18.9 Å². The lowest BCUT2D eigenvalue weighted by Gasteiger charge is -2.08. The van der Waals surface area contributed by atoms with Crippen LogP contribution in [0.15, 0.2) is 42.6 Å². The summed E-state index contributed by atoms with van der Waals surface area (Å²) in [6.07, 6.45) is 1.91. The maximum Gasteiger partial charge on any atom is 0.221 e. The number of carbonyl (C=O) groups excluding carboxylic acids is 1. The first kappa shape index (κ1) is 15.9. The summed E-state index contributed by atoms with van der Waals surface area (Å²) in [7, 11) is 0. The van der Waals surface area contributed by atoms with Crippen LogP contribution in [0, 0.1) is 5.82 Å². The maximum atomic E-state index is 12.8. The Morgan fingerprint density at radius 3 is 2.64 bits per heavy atom. The summed E-state index contributed by atoms with van der Waals surface area (Å²) in [4.78, 5) is 15.6. The molecule has 1 unspecified atom stereocenters. The van der Waals surface area contributed by atoms with Gasteiger partial charge >= 0.3 is 0 Å². The van der Waals surface area contributed by atoms with Crippen molar-refractivity contribution in [3.05, 3.63) is 54.0 Å². The molecule has 2 rings (SSSR count). The molecule has 0 saturated carbocycles. The molecule has 0 spiro atoms. The molecule has 1 amide bonds. The smallest absolute Gasteiger partial charge is 0.221 e. The highest BCUT2D eigenvalue weighted by molar-refractivity contribution is 5.76. The lowest BCUT2D eigenvalue weighted by molar-refractivity contribution is -0.121. The Bertz CT molecular complexity index is 612. The number of pyridine rings is 1. The molecule has 1 aromatic heterocycles. The molecule has 1 aromatic carbocycles. The summed E-state index contributed by atoms with van der Waals surface area (Å²) in [5.74, 6) is 0.490. The highest BCUT2D eigenvalue weighted by Gasteiger charge is 2.05. The van der Waals surface area contributed by atoms with Crippen LogP contribution in [-0.4, -0.2) is 16.9 Å². The number of amides is 1. The molecule has 3 N–H and O–H groups in total. The number of nitrogens with zero attached hydrogens (tertiary/aromatic N) is 1. The van der Waals surface area contributed by atoms with Gasteiger partial charge in [0.25, 0.3) is 0 Å². The van der Waals surface area contributed by atoms with Crippen molar-refractivity contribution < 1.29 is 13.9 Å². The number of carbonyl (C=O) groups is 1. The summed E-state index contributed by atoms with van der Waals surface area (Å²) in [6.45, 7) is 2.16. The van der Waals surface area contributed by atoms with E-state index in [4.69, 9.17) is 10.5 Å². The number of nitrogens with two attached hydrogens (primary N) is 1. The van der Waals surface area contributed by atoms with Gasteiger partial charge in [-0.1, -0.05) is 6.07 Å². The minimum Gasteiger partial charge on any atom is -0.439 e. The molecule has 0 saturated heterocycles. The van der Waals surface area contributed by atoms with E-state index in [9.17, 15) is 9.18 Å². The molecule has 1 heterocycles. The third kappa shape index (κ3) is 5.14. The molecular formula is C16H18FN3O2. The quantitative estimate of drug-likeness (QED) is 0.859. The fraction of sp³-hybridized carbons (Fsp3) is 0.250. The van der Waals surface area contributed by atoms with E-state index in [-0.39, 0.29) is 17.8 Å². The zero-order valence-corrected chi connectivity index (χ0v) is 12.3. The van der Waals surface area contributed by atoms with Crippen LogP contribution < -0.4 is 15.8 Å². The molecule has 1 atom stereocenters. The first-order valence-corrected chi connectivity index (χ1v) is 6.93. The molecule has 22 heavy (non-hydrogen) atoms. The number of benzene rings is 1. The van der Waals surface area contributed by atoms with E-state index in [1.54, 1.807) is 25.3 Å². The van der Waals surface area contributed by atoms with Crippen LogP contribution in [0.2, 0.25) is 0 Å². The molecule has 2 aromatic rings. The molecule has 0 radical (unpaired) electrons. The molecule has 0 aliphatic heterocycles. The normalized spacial score (nSPS) is 11.8. The standard InChI is InChI=1S/C16H18FN3O2/c1-11(18)8-15(21)19-9-12-2-7-16(20-10-12)22-14-5-3-13(17)4-6-14/h2-7,10-11H,8-9,18H2,1H3,(H,19,21). The number of ether oxygens (including phenoxy) is 1. The largest absolute Gasteiger partial charge is 0.439 e. The van der Waals surface area contributed by atoms with Gasteiger partial charge in [0.05, 0.1) is 0 Å².